The molecule has 0 aromatic heterocycles. The van der Waals surface area contributed by atoms with Crippen LogP contribution in [0.4, 0.5) is 0 Å². The lowest BCUT2D eigenvalue weighted by Crippen LogP contribution is -2.46. The van der Waals surface area contributed by atoms with Crippen LogP contribution >= 0.6 is 0 Å². The highest BCUT2D eigenvalue weighted by atomic mass is 16.2. The summed E-state index contributed by atoms with van der Waals surface area (Å²) >= 11 is 0. The third-order valence-electron chi connectivity index (χ3n) is 3.93. The Hall–Kier alpha value is -1.10. The molecule has 2 atom stereocenters. The molecule has 5 heteroatoms. The average Bonchev–Trinajstić information content (AvgIpc) is 2.71. The molecule has 0 aromatic carbocycles. The summed E-state index contributed by atoms with van der Waals surface area (Å²) in [4.78, 5) is 25.5. The third-order valence-corrected chi connectivity index (χ3v) is 3.93. The molecule has 1 aliphatic heterocycles. The van der Waals surface area contributed by atoms with Crippen molar-refractivity contribution in [2.75, 3.05) is 6.54 Å². The minimum absolute atomic E-state index is 0.0575. The van der Waals surface area contributed by atoms with Gasteiger partial charge in [-0.3, -0.25) is 9.59 Å². The summed E-state index contributed by atoms with van der Waals surface area (Å²) in [7, 11) is 0. The van der Waals surface area contributed by atoms with E-state index in [0.717, 1.165) is 12.8 Å². The van der Waals surface area contributed by atoms with E-state index in [0.29, 0.717) is 19.0 Å². The number of carbonyl (C=O) groups is 2. The number of nitrogens with two attached hydrogens (primary N) is 1. The fourth-order valence-electron chi connectivity index (χ4n) is 2.91. The van der Waals surface area contributed by atoms with E-state index in [4.69, 9.17) is 5.73 Å². The highest BCUT2D eigenvalue weighted by Crippen LogP contribution is 2.26. The number of likely N-dealkylation sites (tertiary alicyclic amines) is 1. The molecule has 1 unspecified atom stereocenters. The van der Waals surface area contributed by atoms with Gasteiger partial charge in [-0.2, -0.15) is 0 Å². The number of nitrogens with one attached hydrogen (secondary N) is 1. The van der Waals surface area contributed by atoms with Crippen LogP contribution in [-0.4, -0.2) is 41.4 Å². The summed E-state index contributed by atoms with van der Waals surface area (Å²) in [6, 6.07) is -0.176. The Morgan fingerprint density at radius 2 is 2.06 bits per heavy atom. The second kappa shape index (κ2) is 5.69. The Balaban J connectivity index is 1.88. The Morgan fingerprint density at radius 1 is 1.39 bits per heavy atom. The van der Waals surface area contributed by atoms with Crippen molar-refractivity contribution in [3.05, 3.63) is 0 Å². The number of rotatable bonds is 3. The summed E-state index contributed by atoms with van der Waals surface area (Å²) in [6.45, 7) is 2.31. The van der Waals surface area contributed by atoms with Gasteiger partial charge in [-0.1, -0.05) is 19.3 Å². The predicted molar refractivity (Wildman–Crippen MR) is 68.8 cm³/mol. The smallest absolute Gasteiger partial charge is 0.236 e. The molecule has 1 aliphatic carbocycles. The van der Waals surface area contributed by atoms with Gasteiger partial charge in [-0.25, -0.2) is 0 Å². The Morgan fingerprint density at radius 3 is 2.67 bits per heavy atom. The van der Waals surface area contributed by atoms with Gasteiger partial charge in [0, 0.05) is 19.0 Å². The molecule has 0 radical (unpaired) electrons. The van der Waals surface area contributed by atoms with Crippen LogP contribution in [0.15, 0.2) is 0 Å². The van der Waals surface area contributed by atoms with Crippen LogP contribution in [0.1, 0.15) is 45.4 Å². The summed E-state index contributed by atoms with van der Waals surface area (Å²) in [6.07, 6.45) is 6.36. The molecular formula is C13H23N3O2. The number of hydrogen-bond acceptors (Lipinski definition) is 3. The van der Waals surface area contributed by atoms with Gasteiger partial charge in [0.15, 0.2) is 0 Å². The van der Waals surface area contributed by atoms with Crippen LogP contribution in [0.3, 0.4) is 0 Å². The van der Waals surface area contributed by atoms with E-state index in [1.165, 1.54) is 19.3 Å². The first-order valence-electron chi connectivity index (χ1n) is 6.93. The number of carbonyl (C=O) groups excluding carboxylic acids is 2. The molecule has 5 nitrogen and oxygen atoms in total. The van der Waals surface area contributed by atoms with Gasteiger partial charge in [0.05, 0.1) is 12.1 Å². The molecule has 2 rings (SSSR count). The minimum atomic E-state index is -0.510. The highest BCUT2D eigenvalue weighted by Gasteiger charge is 2.35. The van der Waals surface area contributed by atoms with Gasteiger partial charge >= 0.3 is 0 Å². The first-order valence-corrected chi connectivity index (χ1v) is 6.93. The lowest BCUT2D eigenvalue weighted by molar-refractivity contribution is -0.130. The van der Waals surface area contributed by atoms with Crippen LogP contribution in [0.25, 0.3) is 0 Å². The van der Waals surface area contributed by atoms with E-state index in [9.17, 15) is 9.59 Å². The molecule has 0 aromatic rings. The second-order valence-corrected chi connectivity index (χ2v) is 5.54. The molecule has 1 saturated heterocycles. The van der Waals surface area contributed by atoms with Crippen molar-refractivity contribution in [1.82, 2.24) is 10.2 Å². The fourth-order valence-corrected chi connectivity index (χ4v) is 2.91. The maximum atomic E-state index is 12.0. The van der Waals surface area contributed by atoms with E-state index in [-0.39, 0.29) is 17.9 Å². The summed E-state index contributed by atoms with van der Waals surface area (Å²) in [5.74, 6) is 0.00942. The molecule has 18 heavy (non-hydrogen) atoms. The zero-order valence-corrected chi connectivity index (χ0v) is 11.0. The first-order chi connectivity index (χ1) is 8.58. The molecule has 1 heterocycles. The highest BCUT2D eigenvalue weighted by molar-refractivity contribution is 5.84. The van der Waals surface area contributed by atoms with Crippen molar-refractivity contribution in [2.45, 2.75) is 63.6 Å². The normalized spacial score (nSPS) is 27.3. The van der Waals surface area contributed by atoms with Crippen molar-refractivity contribution < 1.29 is 9.59 Å². The van der Waals surface area contributed by atoms with Crippen LogP contribution < -0.4 is 11.1 Å². The lowest BCUT2D eigenvalue weighted by atomic mass is 9.94. The third kappa shape index (κ3) is 3.02. The van der Waals surface area contributed by atoms with E-state index in [1.54, 1.807) is 6.92 Å². The van der Waals surface area contributed by atoms with Crippen molar-refractivity contribution in [3.63, 3.8) is 0 Å². The first kappa shape index (κ1) is 13.3. The van der Waals surface area contributed by atoms with Crippen molar-refractivity contribution in [1.29, 1.82) is 0 Å². The zero-order valence-electron chi connectivity index (χ0n) is 11.0. The zero-order chi connectivity index (χ0) is 13.1. The van der Waals surface area contributed by atoms with Gasteiger partial charge < -0.3 is 16.0 Å². The average molecular weight is 253 g/mol. The van der Waals surface area contributed by atoms with E-state index in [2.05, 4.69) is 5.32 Å². The van der Waals surface area contributed by atoms with Crippen molar-refractivity contribution in [2.24, 2.45) is 5.73 Å². The van der Waals surface area contributed by atoms with Gasteiger partial charge in [0.2, 0.25) is 11.8 Å². The molecule has 2 fully saturated rings. The predicted octanol–water partition coefficient (Wildman–Crippen LogP) is 0.383. The minimum Gasteiger partial charge on any atom is -0.350 e. The van der Waals surface area contributed by atoms with Crippen molar-refractivity contribution in [3.8, 4) is 0 Å². The van der Waals surface area contributed by atoms with Gasteiger partial charge in [0.1, 0.15) is 0 Å². The van der Waals surface area contributed by atoms with Crippen molar-refractivity contribution >= 4 is 11.8 Å². The Bertz CT molecular complexity index is 324. The maximum Gasteiger partial charge on any atom is 0.236 e. The topological polar surface area (TPSA) is 75.4 Å². The second-order valence-electron chi connectivity index (χ2n) is 5.54. The molecule has 2 aliphatic rings. The van der Waals surface area contributed by atoms with Crippen LogP contribution in [0, 0.1) is 0 Å². The summed E-state index contributed by atoms with van der Waals surface area (Å²) < 4.78 is 0. The van der Waals surface area contributed by atoms with Gasteiger partial charge in [0.25, 0.3) is 0 Å². The number of hydrogen-bond donors (Lipinski definition) is 2. The monoisotopic (exact) mass is 253 g/mol. The van der Waals surface area contributed by atoms with Crippen LogP contribution in [0.2, 0.25) is 0 Å². The van der Waals surface area contributed by atoms with Crippen LogP contribution in [-0.2, 0) is 9.59 Å². The molecule has 0 spiro atoms. The summed E-state index contributed by atoms with van der Waals surface area (Å²) in [5, 5.41) is 2.85. The van der Waals surface area contributed by atoms with Crippen LogP contribution in [0.5, 0.6) is 0 Å². The maximum absolute atomic E-state index is 12.0. The number of amides is 2. The number of nitrogens with zero attached hydrogens (tertiary/aromatic N) is 1. The van der Waals surface area contributed by atoms with E-state index < -0.39 is 6.04 Å². The SMILES string of the molecule is C[C@@H](N)C(=O)NC1CC(=O)N(C2CCCCC2)C1. The van der Waals surface area contributed by atoms with Gasteiger partial charge in [-0.05, 0) is 19.8 Å². The van der Waals surface area contributed by atoms with Gasteiger partial charge in [-0.15, -0.1) is 0 Å². The molecule has 3 N–H and O–H groups in total. The summed E-state index contributed by atoms with van der Waals surface area (Å²) in [5.41, 5.74) is 5.52. The van der Waals surface area contributed by atoms with E-state index in [1.807, 2.05) is 4.90 Å². The quantitative estimate of drug-likeness (QED) is 0.763. The Labute approximate surface area is 108 Å². The fraction of sp³-hybridized carbons (Fsp3) is 0.846. The van der Waals surface area contributed by atoms with E-state index >= 15 is 0 Å². The lowest BCUT2D eigenvalue weighted by Gasteiger charge is -2.31. The molecule has 0 bridgehead atoms. The molecule has 1 saturated carbocycles. The Kier molecular flexibility index (Phi) is 4.22. The molecule has 2 amide bonds. The molecule has 102 valence electrons. The standard InChI is InChI=1S/C13H23N3O2/c1-9(14)13(18)15-10-7-12(17)16(8-10)11-5-3-2-4-6-11/h9-11H,2-8,14H2,1H3,(H,15,18)/t9-,10?/m1/s1. The largest absolute Gasteiger partial charge is 0.350 e. The molecular weight excluding hydrogens is 230 g/mol.